The number of aryl methyl sites for hydroxylation is 2. The lowest BCUT2D eigenvalue weighted by Gasteiger charge is -2.19. The summed E-state index contributed by atoms with van der Waals surface area (Å²) >= 11 is 0. The number of para-hydroxylation sites is 1. The van der Waals surface area contributed by atoms with Crippen LogP contribution in [-0.2, 0) is 4.79 Å². The van der Waals surface area contributed by atoms with E-state index in [-0.39, 0.29) is 12.5 Å². The number of hydrogen-bond donors (Lipinski definition) is 1. The molecule has 6 heteroatoms. The van der Waals surface area contributed by atoms with E-state index in [0.29, 0.717) is 24.5 Å². The molecular weight excluding hydrogens is 332 g/mol. The van der Waals surface area contributed by atoms with E-state index in [1.54, 1.807) is 36.2 Å². The van der Waals surface area contributed by atoms with Gasteiger partial charge < -0.3 is 20.1 Å². The fourth-order valence-corrected chi connectivity index (χ4v) is 2.54. The van der Waals surface area contributed by atoms with Gasteiger partial charge in [0.2, 0.25) is 0 Å². The molecule has 26 heavy (non-hydrogen) atoms. The Morgan fingerprint density at radius 3 is 2.35 bits per heavy atom. The summed E-state index contributed by atoms with van der Waals surface area (Å²) < 4.78 is 11.1. The molecule has 2 rings (SSSR count). The number of likely N-dealkylation sites (N-methyl/N-ethyl adjacent to an activating group) is 1. The van der Waals surface area contributed by atoms with Crippen LogP contribution in [0.3, 0.4) is 0 Å². The highest BCUT2D eigenvalue weighted by molar-refractivity contribution is 5.96. The second kappa shape index (κ2) is 8.89. The van der Waals surface area contributed by atoms with Crippen molar-refractivity contribution in [3.63, 3.8) is 0 Å². The molecule has 0 aliphatic heterocycles. The van der Waals surface area contributed by atoms with Crippen molar-refractivity contribution in [1.29, 1.82) is 0 Å². The molecule has 0 bridgehead atoms. The SMILES string of the molecule is Cc1cc(C)cc(OCCN(C)C(=O)c2ccccc2OCC(N)=O)c1. The number of nitrogens with two attached hydrogens (primary N) is 1. The highest BCUT2D eigenvalue weighted by Crippen LogP contribution is 2.20. The number of primary amides is 1. The zero-order valence-electron chi connectivity index (χ0n) is 15.3. The summed E-state index contributed by atoms with van der Waals surface area (Å²) in [4.78, 5) is 25.1. The third-order valence-corrected chi connectivity index (χ3v) is 3.72. The number of carbonyl (C=O) groups is 2. The Hall–Kier alpha value is -3.02. The molecule has 2 amide bonds. The van der Waals surface area contributed by atoms with Gasteiger partial charge in [0.1, 0.15) is 18.1 Å². The molecule has 0 unspecified atom stereocenters. The number of nitrogens with zero attached hydrogens (tertiary/aromatic N) is 1. The van der Waals surface area contributed by atoms with Gasteiger partial charge in [0, 0.05) is 7.05 Å². The predicted molar refractivity (Wildman–Crippen MR) is 99.5 cm³/mol. The van der Waals surface area contributed by atoms with Crippen LogP contribution in [-0.4, -0.2) is 43.5 Å². The van der Waals surface area contributed by atoms with E-state index in [0.717, 1.165) is 16.9 Å². The summed E-state index contributed by atoms with van der Waals surface area (Å²) in [5.41, 5.74) is 7.73. The maximum atomic E-state index is 12.6. The first-order chi connectivity index (χ1) is 12.4. The lowest BCUT2D eigenvalue weighted by Crippen LogP contribution is -2.31. The van der Waals surface area contributed by atoms with Crippen LogP contribution in [0.5, 0.6) is 11.5 Å². The highest BCUT2D eigenvalue weighted by Gasteiger charge is 2.17. The van der Waals surface area contributed by atoms with E-state index in [9.17, 15) is 9.59 Å². The van der Waals surface area contributed by atoms with Gasteiger partial charge in [-0.05, 0) is 49.2 Å². The number of carbonyl (C=O) groups excluding carboxylic acids is 2. The van der Waals surface area contributed by atoms with E-state index >= 15 is 0 Å². The molecule has 0 radical (unpaired) electrons. The van der Waals surface area contributed by atoms with E-state index in [2.05, 4.69) is 6.07 Å². The minimum Gasteiger partial charge on any atom is -0.492 e. The van der Waals surface area contributed by atoms with Gasteiger partial charge in [-0.25, -0.2) is 0 Å². The normalized spacial score (nSPS) is 10.3. The molecule has 0 aliphatic carbocycles. The zero-order valence-corrected chi connectivity index (χ0v) is 15.3. The van der Waals surface area contributed by atoms with Gasteiger partial charge in [-0.3, -0.25) is 9.59 Å². The molecule has 6 nitrogen and oxygen atoms in total. The molecular formula is C20H24N2O4. The van der Waals surface area contributed by atoms with Gasteiger partial charge in [0.05, 0.1) is 12.1 Å². The first-order valence-corrected chi connectivity index (χ1v) is 8.33. The van der Waals surface area contributed by atoms with Gasteiger partial charge in [-0.1, -0.05) is 18.2 Å². The molecule has 0 spiro atoms. The van der Waals surface area contributed by atoms with Crippen molar-refractivity contribution in [2.45, 2.75) is 13.8 Å². The molecule has 2 aromatic carbocycles. The molecule has 2 N–H and O–H groups in total. The Morgan fingerprint density at radius 2 is 1.69 bits per heavy atom. The first kappa shape index (κ1) is 19.3. The molecule has 0 aromatic heterocycles. The fraction of sp³-hybridized carbons (Fsp3) is 0.300. The van der Waals surface area contributed by atoms with Crippen LogP contribution in [0.15, 0.2) is 42.5 Å². The van der Waals surface area contributed by atoms with Crippen LogP contribution in [0.2, 0.25) is 0 Å². The average molecular weight is 356 g/mol. The standard InChI is InChI=1S/C20H24N2O4/c1-14-10-15(2)12-16(11-14)25-9-8-22(3)20(24)17-6-4-5-7-18(17)26-13-19(21)23/h4-7,10-12H,8-9,13H2,1-3H3,(H2,21,23). The second-order valence-corrected chi connectivity index (χ2v) is 6.15. The van der Waals surface area contributed by atoms with E-state index < -0.39 is 5.91 Å². The van der Waals surface area contributed by atoms with E-state index in [1.165, 1.54) is 0 Å². The Morgan fingerprint density at radius 1 is 1.04 bits per heavy atom. The van der Waals surface area contributed by atoms with Crippen molar-refractivity contribution in [2.24, 2.45) is 5.73 Å². The third-order valence-electron chi connectivity index (χ3n) is 3.72. The van der Waals surface area contributed by atoms with E-state index in [4.69, 9.17) is 15.2 Å². The monoisotopic (exact) mass is 356 g/mol. The van der Waals surface area contributed by atoms with Gasteiger partial charge in [-0.15, -0.1) is 0 Å². The number of amides is 2. The first-order valence-electron chi connectivity index (χ1n) is 8.33. The summed E-state index contributed by atoms with van der Waals surface area (Å²) in [6.07, 6.45) is 0. The Bertz CT molecular complexity index is 769. The average Bonchev–Trinajstić information content (AvgIpc) is 2.58. The maximum Gasteiger partial charge on any atom is 0.257 e. The van der Waals surface area contributed by atoms with Crippen molar-refractivity contribution >= 4 is 11.8 Å². The second-order valence-electron chi connectivity index (χ2n) is 6.15. The van der Waals surface area contributed by atoms with Crippen LogP contribution in [0.4, 0.5) is 0 Å². The summed E-state index contributed by atoms with van der Waals surface area (Å²) in [7, 11) is 1.69. The molecule has 0 heterocycles. The lowest BCUT2D eigenvalue weighted by atomic mass is 10.1. The van der Waals surface area contributed by atoms with Crippen LogP contribution < -0.4 is 15.2 Å². The lowest BCUT2D eigenvalue weighted by molar-refractivity contribution is -0.119. The van der Waals surface area contributed by atoms with Gasteiger partial charge in [-0.2, -0.15) is 0 Å². The largest absolute Gasteiger partial charge is 0.492 e. The predicted octanol–water partition coefficient (Wildman–Crippen LogP) is 2.32. The summed E-state index contributed by atoms with van der Waals surface area (Å²) in [5.74, 6) is 0.309. The van der Waals surface area contributed by atoms with Crippen LogP contribution in [0, 0.1) is 13.8 Å². The number of hydrogen-bond acceptors (Lipinski definition) is 4. The Labute approximate surface area is 153 Å². The fourth-order valence-electron chi connectivity index (χ4n) is 2.54. The van der Waals surface area contributed by atoms with Crippen molar-refractivity contribution in [2.75, 3.05) is 26.8 Å². The third kappa shape index (κ3) is 5.51. The van der Waals surface area contributed by atoms with Crippen molar-refractivity contribution in [1.82, 2.24) is 4.90 Å². The number of rotatable bonds is 8. The van der Waals surface area contributed by atoms with Crippen LogP contribution >= 0.6 is 0 Å². The zero-order chi connectivity index (χ0) is 19.1. The van der Waals surface area contributed by atoms with Gasteiger partial charge in [0.15, 0.2) is 6.61 Å². The maximum absolute atomic E-state index is 12.6. The Kier molecular flexibility index (Phi) is 6.60. The molecule has 2 aromatic rings. The highest BCUT2D eigenvalue weighted by atomic mass is 16.5. The van der Waals surface area contributed by atoms with E-state index in [1.807, 2.05) is 26.0 Å². The minimum absolute atomic E-state index is 0.214. The molecule has 0 atom stereocenters. The molecule has 0 aliphatic rings. The van der Waals surface area contributed by atoms with Crippen LogP contribution in [0.25, 0.3) is 0 Å². The van der Waals surface area contributed by atoms with Crippen molar-refractivity contribution in [3.8, 4) is 11.5 Å². The summed E-state index contributed by atoms with van der Waals surface area (Å²) in [5, 5.41) is 0. The topological polar surface area (TPSA) is 81.9 Å². The summed E-state index contributed by atoms with van der Waals surface area (Å²) in [6, 6.07) is 12.8. The molecule has 138 valence electrons. The summed E-state index contributed by atoms with van der Waals surface area (Å²) in [6.45, 7) is 4.53. The van der Waals surface area contributed by atoms with Crippen LogP contribution in [0.1, 0.15) is 21.5 Å². The quantitative estimate of drug-likeness (QED) is 0.787. The molecule has 0 fully saturated rings. The van der Waals surface area contributed by atoms with Gasteiger partial charge >= 0.3 is 0 Å². The molecule has 0 saturated heterocycles. The molecule has 0 saturated carbocycles. The van der Waals surface area contributed by atoms with Gasteiger partial charge in [0.25, 0.3) is 11.8 Å². The smallest absolute Gasteiger partial charge is 0.257 e. The number of ether oxygens (including phenoxy) is 2. The minimum atomic E-state index is -0.595. The number of benzene rings is 2. The Balaban J connectivity index is 1.96. The van der Waals surface area contributed by atoms with Crippen molar-refractivity contribution in [3.05, 3.63) is 59.2 Å². The van der Waals surface area contributed by atoms with Crippen molar-refractivity contribution < 1.29 is 19.1 Å².